The highest BCUT2D eigenvalue weighted by Gasteiger charge is 2.07. The molecule has 0 aliphatic carbocycles. The minimum Gasteiger partial charge on any atom is -0.322 e. The van der Waals surface area contributed by atoms with Crippen molar-refractivity contribution in [2.45, 2.75) is 0 Å². The maximum Gasteiger partial charge on any atom is 0.240 e. The first-order valence-electron chi connectivity index (χ1n) is 3.73. The number of pyridine rings is 1. The van der Waals surface area contributed by atoms with E-state index in [1.807, 2.05) is 12.1 Å². The van der Waals surface area contributed by atoms with Crippen LogP contribution in [0.25, 0.3) is 0 Å². The van der Waals surface area contributed by atoms with Gasteiger partial charge >= 0.3 is 0 Å². The molecule has 0 unspecified atom stereocenters. The number of hydrogen-bond acceptors (Lipinski definition) is 3. The second kappa shape index (κ2) is 4.52. The van der Waals surface area contributed by atoms with Crippen molar-refractivity contribution in [1.29, 1.82) is 0 Å². The van der Waals surface area contributed by atoms with E-state index < -0.39 is 0 Å². The van der Waals surface area contributed by atoms with Crippen LogP contribution in [0.5, 0.6) is 0 Å². The normalized spacial score (nSPS) is 9.77. The fourth-order valence-corrected chi connectivity index (χ4v) is 1.17. The molecule has 1 heterocycles. The highest BCUT2D eigenvalue weighted by atomic mass is 127. The van der Waals surface area contributed by atoms with Crippen LogP contribution in [0.3, 0.4) is 0 Å². The number of nitrogens with zero attached hydrogens (tertiary/aromatic N) is 2. The molecule has 13 heavy (non-hydrogen) atoms. The fourth-order valence-electron chi connectivity index (χ4n) is 0.847. The Hall–Kier alpha value is -0.690. The molecule has 0 aliphatic heterocycles. The average Bonchev–Trinajstić information content (AvgIpc) is 2.17. The third-order valence-electron chi connectivity index (χ3n) is 1.65. The van der Waals surface area contributed by atoms with Crippen molar-refractivity contribution in [3.63, 3.8) is 0 Å². The first kappa shape index (κ1) is 10.4. The molecule has 0 aliphatic rings. The summed E-state index contributed by atoms with van der Waals surface area (Å²) in [5.41, 5.74) is 5.99. The van der Waals surface area contributed by atoms with E-state index in [-0.39, 0.29) is 12.5 Å². The van der Waals surface area contributed by atoms with Gasteiger partial charge in [0.1, 0.15) is 3.70 Å². The van der Waals surface area contributed by atoms with Crippen molar-refractivity contribution in [2.75, 3.05) is 18.5 Å². The van der Waals surface area contributed by atoms with Gasteiger partial charge in [-0.25, -0.2) is 4.98 Å². The molecule has 0 atom stereocenters. The SMILES string of the molecule is CN(C(=O)CN)c1ccc(I)nc1. The van der Waals surface area contributed by atoms with Crippen LogP contribution in [0.4, 0.5) is 5.69 Å². The van der Waals surface area contributed by atoms with Crippen LogP contribution < -0.4 is 10.6 Å². The molecule has 0 fully saturated rings. The van der Waals surface area contributed by atoms with E-state index in [2.05, 4.69) is 27.6 Å². The third-order valence-corrected chi connectivity index (χ3v) is 2.29. The van der Waals surface area contributed by atoms with Gasteiger partial charge in [0.15, 0.2) is 0 Å². The molecular weight excluding hydrogens is 281 g/mol. The number of amides is 1. The van der Waals surface area contributed by atoms with Gasteiger partial charge in [0.05, 0.1) is 18.4 Å². The number of halogens is 1. The molecule has 0 saturated carbocycles. The smallest absolute Gasteiger partial charge is 0.240 e. The number of nitrogens with two attached hydrogens (primary N) is 1. The van der Waals surface area contributed by atoms with Gasteiger partial charge < -0.3 is 10.6 Å². The number of carbonyl (C=O) groups excluding carboxylic acids is 1. The van der Waals surface area contributed by atoms with Gasteiger partial charge in [0.2, 0.25) is 5.91 Å². The van der Waals surface area contributed by atoms with Gasteiger partial charge in [0.25, 0.3) is 0 Å². The summed E-state index contributed by atoms with van der Waals surface area (Å²) in [6.45, 7) is 0.0164. The van der Waals surface area contributed by atoms with Crippen molar-refractivity contribution in [2.24, 2.45) is 5.73 Å². The molecule has 0 saturated heterocycles. The lowest BCUT2D eigenvalue weighted by Crippen LogP contribution is -2.32. The Labute approximate surface area is 90.3 Å². The van der Waals surface area contributed by atoms with Crippen LogP contribution >= 0.6 is 22.6 Å². The monoisotopic (exact) mass is 291 g/mol. The van der Waals surface area contributed by atoms with Gasteiger partial charge in [-0.2, -0.15) is 0 Å². The lowest BCUT2D eigenvalue weighted by Gasteiger charge is -2.15. The van der Waals surface area contributed by atoms with E-state index in [1.165, 1.54) is 4.90 Å². The van der Waals surface area contributed by atoms with Gasteiger partial charge in [-0.05, 0) is 34.7 Å². The maximum atomic E-state index is 11.2. The van der Waals surface area contributed by atoms with E-state index in [1.54, 1.807) is 13.2 Å². The summed E-state index contributed by atoms with van der Waals surface area (Å²) >= 11 is 2.11. The highest BCUT2D eigenvalue weighted by molar-refractivity contribution is 14.1. The minimum atomic E-state index is -0.122. The maximum absolute atomic E-state index is 11.2. The van der Waals surface area contributed by atoms with Crippen molar-refractivity contribution < 1.29 is 4.79 Å². The van der Waals surface area contributed by atoms with Crippen LogP contribution in [0.1, 0.15) is 0 Å². The molecular formula is C8H10IN3O. The molecule has 1 amide bonds. The molecule has 70 valence electrons. The predicted octanol–water partition coefficient (Wildman–Crippen LogP) is 0.608. The number of likely N-dealkylation sites (N-methyl/N-ethyl adjacent to an activating group) is 1. The second-order valence-electron chi connectivity index (χ2n) is 2.50. The van der Waals surface area contributed by atoms with E-state index >= 15 is 0 Å². The molecule has 4 nitrogen and oxygen atoms in total. The standard InChI is InChI=1S/C8H10IN3O/c1-12(8(13)4-10)6-2-3-7(9)11-5-6/h2-3,5H,4,10H2,1H3. The number of carbonyl (C=O) groups is 1. The van der Waals surface area contributed by atoms with Gasteiger partial charge in [0, 0.05) is 7.05 Å². The van der Waals surface area contributed by atoms with Crippen LogP contribution in [-0.4, -0.2) is 24.5 Å². The van der Waals surface area contributed by atoms with Gasteiger partial charge in [-0.15, -0.1) is 0 Å². The van der Waals surface area contributed by atoms with Gasteiger partial charge in [-0.1, -0.05) is 0 Å². The summed E-state index contributed by atoms with van der Waals surface area (Å²) in [6.07, 6.45) is 1.65. The van der Waals surface area contributed by atoms with Crippen molar-refractivity contribution in [3.8, 4) is 0 Å². The minimum absolute atomic E-state index is 0.0164. The quantitative estimate of drug-likeness (QED) is 0.641. The molecule has 5 heteroatoms. The lowest BCUT2D eigenvalue weighted by molar-refractivity contribution is -0.117. The predicted molar refractivity (Wildman–Crippen MR) is 59.4 cm³/mol. The Balaban J connectivity index is 2.83. The topological polar surface area (TPSA) is 59.2 Å². The van der Waals surface area contributed by atoms with Crippen molar-refractivity contribution >= 4 is 34.2 Å². The van der Waals surface area contributed by atoms with E-state index in [9.17, 15) is 4.79 Å². The summed E-state index contributed by atoms with van der Waals surface area (Å²) in [6, 6.07) is 3.68. The molecule has 0 radical (unpaired) electrons. The van der Waals surface area contributed by atoms with Crippen LogP contribution in [0.2, 0.25) is 0 Å². The van der Waals surface area contributed by atoms with E-state index in [0.717, 1.165) is 9.39 Å². The Morgan fingerprint density at radius 1 is 1.69 bits per heavy atom. The largest absolute Gasteiger partial charge is 0.322 e. The molecule has 0 spiro atoms. The van der Waals surface area contributed by atoms with Gasteiger partial charge in [-0.3, -0.25) is 4.79 Å². The zero-order valence-electron chi connectivity index (χ0n) is 7.20. The third kappa shape index (κ3) is 2.63. The molecule has 1 aromatic heterocycles. The fraction of sp³-hybridized carbons (Fsp3) is 0.250. The molecule has 0 bridgehead atoms. The molecule has 1 aromatic rings. The van der Waals surface area contributed by atoms with Crippen LogP contribution in [0.15, 0.2) is 18.3 Å². The number of rotatable bonds is 2. The lowest BCUT2D eigenvalue weighted by atomic mass is 10.4. The van der Waals surface area contributed by atoms with E-state index in [4.69, 9.17) is 5.73 Å². The zero-order valence-corrected chi connectivity index (χ0v) is 9.35. The number of aromatic nitrogens is 1. The van der Waals surface area contributed by atoms with Crippen LogP contribution in [0, 0.1) is 3.70 Å². The Kier molecular flexibility index (Phi) is 3.61. The molecule has 0 aromatic carbocycles. The second-order valence-corrected chi connectivity index (χ2v) is 3.60. The number of anilines is 1. The Morgan fingerprint density at radius 2 is 2.38 bits per heavy atom. The first-order valence-corrected chi connectivity index (χ1v) is 4.81. The Morgan fingerprint density at radius 3 is 2.85 bits per heavy atom. The first-order chi connectivity index (χ1) is 6.15. The van der Waals surface area contributed by atoms with Crippen molar-refractivity contribution in [3.05, 3.63) is 22.0 Å². The summed E-state index contributed by atoms with van der Waals surface area (Å²) in [7, 11) is 1.68. The van der Waals surface area contributed by atoms with Crippen LogP contribution in [-0.2, 0) is 4.79 Å². The summed E-state index contributed by atoms with van der Waals surface area (Å²) in [5, 5.41) is 0. The Bertz CT molecular complexity index is 299. The highest BCUT2D eigenvalue weighted by Crippen LogP contribution is 2.11. The van der Waals surface area contributed by atoms with E-state index in [0.29, 0.717) is 0 Å². The summed E-state index contributed by atoms with van der Waals surface area (Å²) in [5.74, 6) is -0.122. The number of hydrogen-bond donors (Lipinski definition) is 1. The molecule has 2 N–H and O–H groups in total. The summed E-state index contributed by atoms with van der Waals surface area (Å²) < 4.78 is 0.898. The zero-order chi connectivity index (χ0) is 9.84. The van der Waals surface area contributed by atoms with Crippen molar-refractivity contribution in [1.82, 2.24) is 4.98 Å². The average molecular weight is 291 g/mol. The summed E-state index contributed by atoms with van der Waals surface area (Å²) in [4.78, 5) is 16.7. The molecule has 1 rings (SSSR count).